The fourth-order valence-electron chi connectivity index (χ4n) is 16.1. The van der Waals surface area contributed by atoms with E-state index in [-0.39, 0.29) is 0 Å². The van der Waals surface area contributed by atoms with Crippen LogP contribution in [0.15, 0.2) is 329 Å². The molecule has 2 spiro atoms. The molecule has 18 rings (SSSR count). The second-order valence-electron chi connectivity index (χ2n) is 22.8. The third-order valence-electron chi connectivity index (χ3n) is 19.1. The number of fused-ring (bicyclic) bond motifs is 21. The van der Waals surface area contributed by atoms with E-state index in [0.717, 1.165) is 22.6 Å². The van der Waals surface area contributed by atoms with Gasteiger partial charge in [0.25, 0.3) is 0 Å². The van der Waals surface area contributed by atoms with Crippen LogP contribution in [0.3, 0.4) is 0 Å². The second-order valence-corrected chi connectivity index (χ2v) is 25.0. The minimum atomic E-state index is -0.557. The van der Waals surface area contributed by atoms with E-state index >= 15 is 0 Å². The van der Waals surface area contributed by atoms with Crippen LogP contribution in [-0.2, 0) is 16.2 Å². The largest absolute Gasteiger partial charge is 0.309 e. The second kappa shape index (κ2) is 18.2. The third-order valence-corrected chi connectivity index (χ3v) is 21.4. The highest BCUT2D eigenvalue weighted by Gasteiger charge is 2.54. The molecule has 0 atom stereocenters. The summed E-state index contributed by atoms with van der Waals surface area (Å²) in [6, 6.07) is 117. The summed E-state index contributed by atoms with van der Waals surface area (Å²) in [5.41, 5.74) is 27.3. The van der Waals surface area contributed by atoms with E-state index in [0.29, 0.717) is 0 Å². The molecule has 3 aliphatic carbocycles. The molecule has 0 fully saturated rings. The van der Waals surface area contributed by atoms with Crippen molar-refractivity contribution in [3.63, 3.8) is 0 Å². The molecule has 13 aromatic rings. The molecule has 0 unspecified atom stereocenters. The quantitative estimate of drug-likeness (QED) is 0.163. The van der Waals surface area contributed by atoms with Crippen molar-refractivity contribution in [1.82, 2.24) is 0 Å². The first-order valence-electron chi connectivity index (χ1n) is 29.2. The highest BCUT2D eigenvalue weighted by molar-refractivity contribution is 7.99. The van der Waals surface area contributed by atoms with Gasteiger partial charge in [-0.2, -0.15) is 0 Å². The molecule has 1 nitrogen and oxygen atoms in total. The van der Waals surface area contributed by atoms with Gasteiger partial charge in [-0.1, -0.05) is 284 Å². The van der Waals surface area contributed by atoms with Crippen LogP contribution in [0.2, 0.25) is 0 Å². The fourth-order valence-corrected chi connectivity index (χ4v) is 18.5. The molecule has 2 heterocycles. The molecule has 84 heavy (non-hydrogen) atoms. The van der Waals surface area contributed by atoms with Crippen molar-refractivity contribution < 1.29 is 0 Å². The zero-order chi connectivity index (χ0) is 55.1. The van der Waals surface area contributed by atoms with Crippen LogP contribution >= 0.6 is 23.5 Å². The summed E-state index contributed by atoms with van der Waals surface area (Å²) in [5, 5.41) is 0. The van der Waals surface area contributed by atoms with Crippen LogP contribution in [0.25, 0.3) is 44.5 Å². The Morgan fingerprint density at radius 1 is 0.226 bits per heavy atom. The zero-order valence-electron chi connectivity index (χ0n) is 45.7. The predicted molar refractivity (Wildman–Crippen MR) is 347 cm³/mol. The van der Waals surface area contributed by atoms with Crippen molar-refractivity contribution in [2.45, 2.75) is 35.8 Å². The number of rotatable bonds is 6. The lowest BCUT2D eigenvalue weighted by atomic mass is 9.67. The first-order valence-corrected chi connectivity index (χ1v) is 30.8. The Morgan fingerprint density at radius 3 is 1.00 bits per heavy atom. The molecule has 0 radical (unpaired) electrons. The molecule has 13 aromatic carbocycles. The van der Waals surface area contributed by atoms with Crippen molar-refractivity contribution in [2.75, 3.05) is 4.90 Å². The maximum atomic E-state index is 2.65. The van der Waals surface area contributed by atoms with Gasteiger partial charge < -0.3 is 4.90 Å². The monoisotopic (exact) mass is 1100 g/mol. The number of anilines is 3. The molecular weight excluding hydrogens is 1050 g/mol. The van der Waals surface area contributed by atoms with Crippen molar-refractivity contribution in [2.24, 2.45) is 0 Å². The van der Waals surface area contributed by atoms with Crippen molar-refractivity contribution >= 4 is 40.6 Å². The summed E-state index contributed by atoms with van der Waals surface area (Å²) in [6.07, 6.45) is 0. The van der Waals surface area contributed by atoms with Gasteiger partial charge in [0.1, 0.15) is 0 Å². The Labute approximate surface area is 498 Å². The molecule has 0 saturated heterocycles. The van der Waals surface area contributed by atoms with Crippen molar-refractivity contribution in [3.8, 4) is 44.5 Å². The lowest BCUT2D eigenvalue weighted by molar-refractivity contribution is 0.722. The zero-order valence-corrected chi connectivity index (χ0v) is 47.3. The minimum Gasteiger partial charge on any atom is -0.309 e. The first kappa shape index (κ1) is 47.9. The predicted octanol–water partition coefficient (Wildman–Crippen LogP) is 20.8. The Bertz CT molecular complexity index is 4560. The summed E-state index contributed by atoms with van der Waals surface area (Å²) in [5.74, 6) is 0. The number of hydrogen-bond donors (Lipinski definition) is 0. The van der Waals surface area contributed by atoms with E-state index in [1.165, 1.54) is 125 Å². The molecule has 0 bridgehead atoms. The van der Waals surface area contributed by atoms with Crippen LogP contribution in [0.5, 0.6) is 0 Å². The van der Waals surface area contributed by atoms with Crippen LogP contribution < -0.4 is 4.90 Å². The molecule has 0 N–H and O–H groups in total. The number of benzene rings is 13. The van der Waals surface area contributed by atoms with Crippen molar-refractivity contribution in [1.29, 1.82) is 0 Å². The Kier molecular flexibility index (Phi) is 10.4. The van der Waals surface area contributed by atoms with E-state index in [1.807, 2.05) is 23.5 Å². The van der Waals surface area contributed by atoms with Crippen LogP contribution in [0, 0.1) is 0 Å². The Hall–Kier alpha value is -9.64. The lowest BCUT2D eigenvalue weighted by Gasteiger charge is -2.40. The summed E-state index contributed by atoms with van der Waals surface area (Å²) < 4.78 is 0. The van der Waals surface area contributed by atoms with Gasteiger partial charge in [0.15, 0.2) is 0 Å². The van der Waals surface area contributed by atoms with Gasteiger partial charge in [-0.15, -0.1) is 0 Å². The molecule has 0 amide bonds. The van der Waals surface area contributed by atoms with Gasteiger partial charge in [0.05, 0.1) is 27.6 Å². The maximum Gasteiger partial charge on any atom is 0.0736 e. The van der Waals surface area contributed by atoms with Gasteiger partial charge in [-0.25, -0.2) is 0 Å². The molecule has 392 valence electrons. The van der Waals surface area contributed by atoms with Crippen LogP contribution in [-0.4, -0.2) is 0 Å². The highest BCUT2D eigenvalue weighted by Crippen LogP contribution is 2.68. The molecule has 5 aliphatic rings. The van der Waals surface area contributed by atoms with E-state index in [9.17, 15) is 0 Å². The maximum absolute atomic E-state index is 2.65. The number of nitrogens with zero attached hydrogens (tertiary/aromatic N) is 1. The number of hydrogen-bond acceptors (Lipinski definition) is 3. The van der Waals surface area contributed by atoms with Gasteiger partial charge >= 0.3 is 0 Å². The molecule has 2 aliphatic heterocycles. The average Bonchev–Trinajstić information content (AvgIpc) is 1.97. The van der Waals surface area contributed by atoms with E-state index < -0.39 is 16.2 Å². The Balaban J connectivity index is 0.938. The Morgan fingerprint density at radius 2 is 0.548 bits per heavy atom. The fraction of sp³-hybridized carbons (Fsp3) is 0.0370. The summed E-state index contributed by atoms with van der Waals surface area (Å²) in [7, 11) is 0. The average molecular weight is 1100 g/mol. The van der Waals surface area contributed by atoms with Gasteiger partial charge in [0.2, 0.25) is 0 Å². The van der Waals surface area contributed by atoms with Crippen molar-refractivity contribution in [3.05, 3.63) is 376 Å². The molecule has 3 heteroatoms. The molecular formula is C81H51NS2. The smallest absolute Gasteiger partial charge is 0.0736 e. The highest BCUT2D eigenvalue weighted by atomic mass is 32.2. The first-order chi connectivity index (χ1) is 41.7. The summed E-state index contributed by atoms with van der Waals surface area (Å²) >= 11 is 3.79. The topological polar surface area (TPSA) is 3.24 Å². The van der Waals surface area contributed by atoms with Crippen LogP contribution in [0.4, 0.5) is 17.1 Å². The summed E-state index contributed by atoms with van der Waals surface area (Å²) in [6.45, 7) is 0. The summed E-state index contributed by atoms with van der Waals surface area (Å²) in [4.78, 5) is 7.82. The third kappa shape index (κ3) is 6.22. The SMILES string of the molecule is c1ccc(C2(c3ccccc3)c3ccccc3-c3c(-c4cccc(N(c5cccc6c5-c5ccccc5C65c6ccccc6Sc6ccccc65)c5cccc6c5-c5ccccc5C65c6ccccc6Sc6ccccc65)c4)cccc32)cc1. The molecule has 0 aromatic heterocycles. The van der Waals surface area contributed by atoms with E-state index in [2.05, 4.69) is 314 Å². The van der Waals surface area contributed by atoms with Gasteiger partial charge in [-0.05, 0) is 149 Å². The van der Waals surface area contributed by atoms with E-state index in [4.69, 9.17) is 0 Å². The minimum absolute atomic E-state index is 0.528. The van der Waals surface area contributed by atoms with Gasteiger partial charge in [-0.3, -0.25) is 0 Å². The van der Waals surface area contributed by atoms with Gasteiger partial charge in [0, 0.05) is 36.4 Å². The standard InChI is InChI=1S/C81H51NS2/c1-3-26-53(27-4-1)79(54-28-5-2-6-29-54)60-35-10-7-31-57(60)76-56(34-22-42-67(76)79)52-25-21-30-55(51-52)82(70-45-23-43-68-77(70)58-32-8-11-36-61(58)80(68)63-38-13-17-47-72(63)83-73-48-18-14-39-64(73)80)71-46-24-44-69-78(71)59-33-9-12-37-62(59)81(69)65-40-15-19-49-74(65)84-75-50-20-16-41-66(75)81/h1-51H. The van der Waals surface area contributed by atoms with E-state index in [1.54, 1.807) is 0 Å². The lowest BCUT2D eigenvalue weighted by Crippen LogP contribution is -2.32. The van der Waals surface area contributed by atoms with Crippen LogP contribution in [0.1, 0.15) is 66.8 Å². The normalized spacial score (nSPS) is 14.9. The molecule has 0 saturated carbocycles.